The van der Waals surface area contributed by atoms with Crippen LogP contribution in [0.5, 0.6) is 0 Å². The minimum absolute atomic E-state index is 0.612. The Kier molecular flexibility index (Phi) is 6.84. The van der Waals surface area contributed by atoms with Crippen LogP contribution in [0.3, 0.4) is 0 Å². The molecule has 0 aromatic carbocycles. The molecule has 1 heterocycles. The molecule has 0 aliphatic carbocycles. The molecular weight excluding hydrogens is 252 g/mol. The number of aromatic nitrogens is 2. The maximum absolute atomic E-state index is 4.21. The molecule has 0 amide bonds. The standard InChI is InChI=1S/C11H22N4S2/c1-5-9(8-16-4)15(3)7-10-11(12-6-2)17-14-13-10/h9,12H,5-8H2,1-4H3. The Balaban J connectivity index is 2.59. The maximum atomic E-state index is 4.21. The molecule has 0 aliphatic rings. The molecule has 6 heteroatoms. The van der Waals surface area contributed by atoms with Crippen LogP contribution in [-0.4, -0.2) is 46.1 Å². The van der Waals surface area contributed by atoms with E-state index in [-0.39, 0.29) is 0 Å². The average molecular weight is 274 g/mol. The summed E-state index contributed by atoms with van der Waals surface area (Å²) in [7, 11) is 2.17. The first-order chi connectivity index (χ1) is 8.22. The summed E-state index contributed by atoms with van der Waals surface area (Å²) in [6.07, 6.45) is 3.33. The van der Waals surface area contributed by atoms with Gasteiger partial charge in [0.15, 0.2) is 0 Å². The van der Waals surface area contributed by atoms with E-state index in [1.807, 2.05) is 11.8 Å². The van der Waals surface area contributed by atoms with E-state index >= 15 is 0 Å². The Morgan fingerprint density at radius 2 is 2.24 bits per heavy atom. The zero-order valence-corrected chi connectivity index (χ0v) is 12.7. The summed E-state index contributed by atoms with van der Waals surface area (Å²) in [4.78, 5) is 2.37. The fraction of sp³-hybridized carbons (Fsp3) is 0.818. The highest BCUT2D eigenvalue weighted by molar-refractivity contribution is 7.98. The largest absolute Gasteiger partial charge is 0.374 e. The van der Waals surface area contributed by atoms with E-state index in [1.165, 1.54) is 23.7 Å². The first kappa shape index (κ1) is 14.7. The second-order valence-corrected chi connectivity index (χ2v) is 5.68. The van der Waals surface area contributed by atoms with E-state index in [1.54, 1.807) is 0 Å². The number of rotatable bonds is 8. The smallest absolute Gasteiger partial charge is 0.134 e. The van der Waals surface area contributed by atoms with Crippen molar-refractivity contribution in [3.8, 4) is 0 Å². The van der Waals surface area contributed by atoms with Gasteiger partial charge in [0, 0.05) is 36.4 Å². The highest BCUT2D eigenvalue weighted by atomic mass is 32.2. The summed E-state index contributed by atoms with van der Waals surface area (Å²) in [5.74, 6) is 1.17. The van der Waals surface area contributed by atoms with Crippen LogP contribution in [0.2, 0.25) is 0 Å². The van der Waals surface area contributed by atoms with Crippen molar-refractivity contribution in [3.05, 3.63) is 5.69 Å². The Bertz CT molecular complexity index is 316. The van der Waals surface area contributed by atoms with Crippen molar-refractivity contribution in [3.63, 3.8) is 0 Å². The highest BCUT2D eigenvalue weighted by Crippen LogP contribution is 2.20. The third-order valence-electron chi connectivity index (χ3n) is 2.75. The molecule has 1 aromatic heterocycles. The van der Waals surface area contributed by atoms with E-state index < -0.39 is 0 Å². The van der Waals surface area contributed by atoms with E-state index in [2.05, 4.69) is 47.0 Å². The van der Waals surface area contributed by atoms with Gasteiger partial charge in [-0.05, 0) is 26.6 Å². The number of thioether (sulfide) groups is 1. The Morgan fingerprint density at radius 3 is 2.82 bits per heavy atom. The monoisotopic (exact) mass is 274 g/mol. The van der Waals surface area contributed by atoms with Crippen LogP contribution in [0, 0.1) is 0 Å². The second-order valence-electron chi connectivity index (χ2n) is 4.01. The lowest BCUT2D eigenvalue weighted by atomic mass is 10.2. The lowest BCUT2D eigenvalue weighted by Crippen LogP contribution is -2.33. The molecule has 0 saturated heterocycles. The van der Waals surface area contributed by atoms with Crippen LogP contribution < -0.4 is 5.32 Å². The van der Waals surface area contributed by atoms with Crippen molar-refractivity contribution in [1.82, 2.24) is 14.5 Å². The number of nitrogens with one attached hydrogen (secondary N) is 1. The summed E-state index contributed by atoms with van der Waals surface area (Å²) in [5, 5.41) is 8.63. The van der Waals surface area contributed by atoms with Crippen molar-refractivity contribution >= 4 is 28.3 Å². The van der Waals surface area contributed by atoms with Crippen LogP contribution in [0.1, 0.15) is 26.0 Å². The third-order valence-corrected chi connectivity index (χ3v) is 4.19. The molecule has 4 nitrogen and oxygen atoms in total. The SMILES string of the molecule is CCNc1snnc1CN(C)C(CC)CSC. The van der Waals surface area contributed by atoms with Crippen LogP contribution >= 0.6 is 23.3 Å². The van der Waals surface area contributed by atoms with Gasteiger partial charge in [0.2, 0.25) is 0 Å². The van der Waals surface area contributed by atoms with Crippen molar-refractivity contribution in [2.75, 3.05) is 30.9 Å². The minimum atomic E-state index is 0.612. The van der Waals surface area contributed by atoms with Gasteiger partial charge >= 0.3 is 0 Å². The Labute approximate surface area is 112 Å². The first-order valence-electron chi connectivity index (χ1n) is 5.97. The van der Waals surface area contributed by atoms with Crippen LogP contribution in [-0.2, 0) is 6.54 Å². The summed E-state index contributed by atoms with van der Waals surface area (Å²) < 4.78 is 4.02. The molecule has 98 valence electrons. The topological polar surface area (TPSA) is 41.1 Å². The van der Waals surface area contributed by atoms with Gasteiger partial charge in [-0.1, -0.05) is 11.4 Å². The summed E-state index contributed by atoms with van der Waals surface area (Å²) in [6, 6.07) is 0.612. The molecule has 1 unspecified atom stereocenters. The normalized spacial score (nSPS) is 13.0. The third kappa shape index (κ3) is 4.44. The summed E-state index contributed by atoms with van der Waals surface area (Å²) in [5.41, 5.74) is 1.07. The van der Waals surface area contributed by atoms with Crippen molar-refractivity contribution < 1.29 is 0 Å². The quantitative estimate of drug-likeness (QED) is 0.789. The molecule has 1 rings (SSSR count). The van der Waals surface area contributed by atoms with E-state index in [0.717, 1.165) is 23.8 Å². The number of anilines is 1. The Morgan fingerprint density at radius 1 is 1.47 bits per heavy atom. The first-order valence-corrected chi connectivity index (χ1v) is 8.13. The molecule has 0 bridgehead atoms. The summed E-state index contributed by atoms with van der Waals surface area (Å²) in [6.45, 7) is 6.12. The average Bonchev–Trinajstić information content (AvgIpc) is 2.74. The van der Waals surface area contributed by atoms with Crippen LogP contribution in [0.25, 0.3) is 0 Å². The van der Waals surface area contributed by atoms with Gasteiger partial charge in [-0.2, -0.15) is 11.8 Å². The zero-order valence-electron chi connectivity index (χ0n) is 11.1. The lowest BCUT2D eigenvalue weighted by molar-refractivity contribution is 0.245. The highest BCUT2D eigenvalue weighted by Gasteiger charge is 2.16. The molecule has 17 heavy (non-hydrogen) atoms. The molecule has 0 saturated carbocycles. The van der Waals surface area contributed by atoms with Gasteiger partial charge in [-0.3, -0.25) is 4.90 Å². The Hall–Kier alpha value is -0.330. The van der Waals surface area contributed by atoms with E-state index in [4.69, 9.17) is 0 Å². The fourth-order valence-electron chi connectivity index (χ4n) is 1.72. The van der Waals surface area contributed by atoms with Gasteiger partial charge in [0.05, 0.1) is 0 Å². The number of hydrogen-bond acceptors (Lipinski definition) is 6. The van der Waals surface area contributed by atoms with Crippen LogP contribution in [0.15, 0.2) is 0 Å². The fourth-order valence-corrected chi connectivity index (χ4v) is 3.24. The molecule has 0 aliphatic heterocycles. The molecule has 1 aromatic rings. The van der Waals surface area contributed by atoms with E-state index in [0.29, 0.717) is 6.04 Å². The zero-order chi connectivity index (χ0) is 12.7. The molecule has 1 atom stereocenters. The molecule has 0 spiro atoms. The van der Waals surface area contributed by atoms with Crippen molar-refractivity contribution in [2.24, 2.45) is 0 Å². The molecular formula is C11H22N4S2. The van der Waals surface area contributed by atoms with Gasteiger partial charge in [0.1, 0.15) is 10.7 Å². The van der Waals surface area contributed by atoms with Gasteiger partial charge in [0.25, 0.3) is 0 Å². The predicted molar refractivity (Wildman–Crippen MR) is 78.0 cm³/mol. The lowest BCUT2D eigenvalue weighted by Gasteiger charge is -2.25. The van der Waals surface area contributed by atoms with Crippen molar-refractivity contribution in [1.29, 1.82) is 0 Å². The summed E-state index contributed by atoms with van der Waals surface area (Å²) >= 11 is 3.34. The van der Waals surface area contributed by atoms with Crippen LogP contribution in [0.4, 0.5) is 5.00 Å². The van der Waals surface area contributed by atoms with Gasteiger partial charge < -0.3 is 5.32 Å². The van der Waals surface area contributed by atoms with E-state index in [9.17, 15) is 0 Å². The maximum Gasteiger partial charge on any atom is 0.134 e. The van der Waals surface area contributed by atoms with Gasteiger partial charge in [-0.15, -0.1) is 5.10 Å². The molecule has 0 fully saturated rings. The predicted octanol–water partition coefficient (Wildman–Crippen LogP) is 2.54. The number of nitrogens with zero attached hydrogens (tertiary/aromatic N) is 3. The minimum Gasteiger partial charge on any atom is -0.374 e. The molecule has 0 radical (unpaired) electrons. The van der Waals surface area contributed by atoms with Crippen molar-refractivity contribution in [2.45, 2.75) is 32.9 Å². The van der Waals surface area contributed by atoms with Gasteiger partial charge in [-0.25, -0.2) is 0 Å². The molecule has 1 N–H and O–H groups in total. The second kappa shape index (κ2) is 7.89. The number of hydrogen-bond donors (Lipinski definition) is 1.